The highest BCUT2D eigenvalue weighted by atomic mass is 16.1. The number of hydrogen-bond donors (Lipinski definition) is 2. The number of aromatic nitrogens is 4. The molecule has 6 nitrogen and oxygen atoms in total. The quantitative estimate of drug-likeness (QED) is 0.856. The molecule has 114 valence electrons. The van der Waals surface area contributed by atoms with Gasteiger partial charge in [0.05, 0.1) is 0 Å². The van der Waals surface area contributed by atoms with Gasteiger partial charge in [0.15, 0.2) is 11.5 Å². The molecule has 0 bridgehead atoms. The van der Waals surface area contributed by atoms with Crippen molar-refractivity contribution in [1.29, 1.82) is 0 Å². The highest BCUT2D eigenvalue weighted by molar-refractivity contribution is 5.83. The van der Waals surface area contributed by atoms with Gasteiger partial charge in [-0.3, -0.25) is 4.57 Å². The van der Waals surface area contributed by atoms with Gasteiger partial charge in [0, 0.05) is 19.0 Å². The third kappa shape index (κ3) is 2.80. The molecule has 1 aliphatic rings. The van der Waals surface area contributed by atoms with Crippen molar-refractivity contribution in [3.8, 4) is 0 Å². The van der Waals surface area contributed by atoms with Crippen LogP contribution in [-0.4, -0.2) is 26.1 Å². The van der Waals surface area contributed by atoms with Gasteiger partial charge in [-0.05, 0) is 25.2 Å². The minimum Gasteiger partial charge on any atom is -0.368 e. The Morgan fingerprint density at radius 3 is 2.76 bits per heavy atom. The van der Waals surface area contributed by atoms with Gasteiger partial charge in [-0.15, -0.1) is 0 Å². The molecule has 6 heteroatoms. The average Bonchev–Trinajstić information content (AvgIpc) is 3.15. The molecule has 2 aromatic rings. The molecule has 0 aromatic carbocycles. The summed E-state index contributed by atoms with van der Waals surface area (Å²) < 4.78 is 1.73. The van der Waals surface area contributed by atoms with Crippen molar-refractivity contribution in [3.63, 3.8) is 0 Å². The molecule has 1 saturated carbocycles. The molecule has 0 aliphatic heterocycles. The summed E-state index contributed by atoms with van der Waals surface area (Å²) in [5, 5.41) is 3.23. The predicted molar refractivity (Wildman–Crippen MR) is 83.7 cm³/mol. The van der Waals surface area contributed by atoms with E-state index in [4.69, 9.17) is 0 Å². The van der Waals surface area contributed by atoms with E-state index in [0.29, 0.717) is 17.7 Å². The van der Waals surface area contributed by atoms with Crippen LogP contribution in [0.15, 0.2) is 4.79 Å². The van der Waals surface area contributed by atoms with E-state index in [-0.39, 0.29) is 5.69 Å². The minimum absolute atomic E-state index is 0.199. The summed E-state index contributed by atoms with van der Waals surface area (Å²) in [5.41, 5.74) is 1.39. The maximum Gasteiger partial charge on any atom is 0.351 e. The zero-order chi connectivity index (χ0) is 15.0. The Morgan fingerprint density at radius 1 is 1.38 bits per heavy atom. The van der Waals surface area contributed by atoms with Crippen LogP contribution in [0.25, 0.3) is 11.2 Å². The highest BCUT2D eigenvalue weighted by Crippen LogP contribution is 2.31. The van der Waals surface area contributed by atoms with Gasteiger partial charge in [-0.2, -0.15) is 4.98 Å². The van der Waals surface area contributed by atoms with E-state index < -0.39 is 0 Å². The van der Waals surface area contributed by atoms with Crippen LogP contribution >= 0.6 is 0 Å². The molecule has 0 unspecified atom stereocenters. The van der Waals surface area contributed by atoms with E-state index in [9.17, 15) is 4.79 Å². The first-order valence-electron chi connectivity index (χ1n) is 7.84. The summed E-state index contributed by atoms with van der Waals surface area (Å²) in [5.74, 6) is 2.44. The number of aromatic amines is 1. The topological polar surface area (TPSA) is 75.6 Å². The van der Waals surface area contributed by atoms with Crippen LogP contribution in [-0.2, 0) is 6.54 Å². The van der Waals surface area contributed by atoms with Crippen molar-refractivity contribution in [2.75, 3.05) is 11.9 Å². The Hall–Kier alpha value is -1.85. The Kier molecular flexibility index (Phi) is 3.69. The fraction of sp³-hybridized carbons (Fsp3) is 0.667. The molecule has 0 radical (unpaired) electrons. The van der Waals surface area contributed by atoms with Gasteiger partial charge in [0.1, 0.15) is 11.3 Å². The first-order valence-corrected chi connectivity index (χ1v) is 7.84. The number of nitrogens with zero attached hydrogens (tertiary/aromatic N) is 3. The predicted octanol–water partition coefficient (Wildman–Crippen LogP) is 2.47. The van der Waals surface area contributed by atoms with Crippen LogP contribution in [0, 0.1) is 5.92 Å². The van der Waals surface area contributed by atoms with Gasteiger partial charge in [0.2, 0.25) is 0 Å². The second-order valence-corrected chi connectivity index (χ2v) is 6.20. The first-order chi connectivity index (χ1) is 10.1. The van der Waals surface area contributed by atoms with Crippen molar-refractivity contribution < 1.29 is 0 Å². The van der Waals surface area contributed by atoms with E-state index in [2.05, 4.69) is 41.0 Å². The van der Waals surface area contributed by atoms with Crippen LogP contribution in [0.1, 0.15) is 51.8 Å². The van der Waals surface area contributed by atoms with Gasteiger partial charge in [0.25, 0.3) is 0 Å². The maximum atomic E-state index is 12.3. The van der Waals surface area contributed by atoms with Crippen molar-refractivity contribution in [2.45, 2.75) is 52.5 Å². The minimum atomic E-state index is -0.199. The molecular weight excluding hydrogens is 266 g/mol. The van der Waals surface area contributed by atoms with E-state index in [1.165, 1.54) is 12.8 Å². The highest BCUT2D eigenvalue weighted by Gasteiger charge is 2.25. The van der Waals surface area contributed by atoms with Gasteiger partial charge >= 0.3 is 5.69 Å². The Balaban J connectivity index is 2.12. The summed E-state index contributed by atoms with van der Waals surface area (Å²) in [7, 11) is 0. The molecule has 2 N–H and O–H groups in total. The molecule has 0 amide bonds. The lowest BCUT2D eigenvalue weighted by atomic mass is 10.2. The van der Waals surface area contributed by atoms with E-state index in [0.717, 1.165) is 36.5 Å². The molecule has 0 spiro atoms. The molecule has 1 fully saturated rings. The summed E-state index contributed by atoms with van der Waals surface area (Å²) >= 11 is 0. The lowest BCUT2D eigenvalue weighted by Gasteiger charge is -2.09. The Morgan fingerprint density at radius 2 is 2.14 bits per heavy atom. The van der Waals surface area contributed by atoms with E-state index in [1.807, 2.05) is 0 Å². The zero-order valence-electron chi connectivity index (χ0n) is 12.9. The Labute approximate surface area is 124 Å². The monoisotopic (exact) mass is 289 g/mol. The van der Waals surface area contributed by atoms with Crippen molar-refractivity contribution in [3.05, 3.63) is 16.3 Å². The van der Waals surface area contributed by atoms with E-state index in [1.54, 1.807) is 4.57 Å². The number of hydrogen-bond acceptors (Lipinski definition) is 4. The zero-order valence-corrected chi connectivity index (χ0v) is 12.9. The standard InChI is InChI=1S/C15H23N5O/c1-4-7-16-13-11-14(18-12(17-11)9(2)3)20(15(21)19-13)8-10-5-6-10/h9-10H,4-8H2,1-3H3,(H,17,18)(H,16,19,21). The second-order valence-electron chi connectivity index (χ2n) is 6.20. The number of rotatable bonds is 6. The molecule has 3 rings (SSSR count). The summed E-state index contributed by atoms with van der Waals surface area (Å²) in [6.45, 7) is 7.80. The first kappa shape index (κ1) is 14.1. The summed E-state index contributed by atoms with van der Waals surface area (Å²) in [6.07, 6.45) is 3.38. The van der Waals surface area contributed by atoms with Crippen molar-refractivity contribution in [1.82, 2.24) is 19.5 Å². The van der Waals surface area contributed by atoms with Crippen LogP contribution in [0.3, 0.4) is 0 Å². The lowest BCUT2D eigenvalue weighted by molar-refractivity contribution is 0.609. The lowest BCUT2D eigenvalue weighted by Crippen LogP contribution is -2.25. The van der Waals surface area contributed by atoms with Gasteiger partial charge in [-0.1, -0.05) is 20.8 Å². The van der Waals surface area contributed by atoms with E-state index >= 15 is 0 Å². The number of anilines is 1. The van der Waals surface area contributed by atoms with Crippen LogP contribution in [0.5, 0.6) is 0 Å². The normalized spacial score (nSPS) is 15.0. The molecule has 21 heavy (non-hydrogen) atoms. The molecule has 2 aromatic heterocycles. The number of H-pyrrole nitrogens is 1. The maximum absolute atomic E-state index is 12.3. The van der Waals surface area contributed by atoms with Crippen LogP contribution < -0.4 is 11.0 Å². The summed E-state index contributed by atoms with van der Waals surface area (Å²) in [4.78, 5) is 24.5. The van der Waals surface area contributed by atoms with Gasteiger partial charge in [-0.25, -0.2) is 9.78 Å². The molecule has 0 saturated heterocycles. The average molecular weight is 289 g/mol. The smallest absolute Gasteiger partial charge is 0.351 e. The molecule has 2 heterocycles. The molecule has 1 aliphatic carbocycles. The SMILES string of the molecule is CCCNc1nc(=O)n(CC2CC2)c2nc(C(C)C)[nH]c12. The second kappa shape index (κ2) is 5.50. The summed E-state index contributed by atoms with van der Waals surface area (Å²) in [6, 6.07) is 0. The van der Waals surface area contributed by atoms with Gasteiger partial charge < -0.3 is 10.3 Å². The largest absolute Gasteiger partial charge is 0.368 e. The van der Waals surface area contributed by atoms with Crippen molar-refractivity contribution >= 4 is 17.0 Å². The third-order valence-corrected chi connectivity index (χ3v) is 3.86. The third-order valence-electron chi connectivity index (χ3n) is 3.86. The van der Waals surface area contributed by atoms with Crippen LogP contribution in [0.2, 0.25) is 0 Å². The number of nitrogens with one attached hydrogen (secondary N) is 2. The number of imidazole rings is 1. The Bertz CT molecular complexity index is 696. The van der Waals surface area contributed by atoms with Crippen LogP contribution in [0.4, 0.5) is 5.82 Å². The fourth-order valence-electron chi connectivity index (χ4n) is 2.41. The number of fused-ring (bicyclic) bond motifs is 1. The molecular formula is C15H23N5O. The molecule has 0 atom stereocenters. The van der Waals surface area contributed by atoms with Crippen molar-refractivity contribution in [2.24, 2.45) is 5.92 Å². The fourth-order valence-corrected chi connectivity index (χ4v) is 2.41.